The molecule has 0 amide bonds. The molecule has 1 saturated carbocycles. The fourth-order valence-electron chi connectivity index (χ4n) is 3.31. The SMILES string of the molecule is CC1(C)O[C@@H]2[C@H](O1)[C@@H](O)C[C@H]2OC(C)(C)c1ccccc1. The molecule has 0 spiro atoms. The Morgan fingerprint density at radius 2 is 1.76 bits per heavy atom. The number of aliphatic hydroxyl groups is 1. The van der Waals surface area contributed by atoms with Crippen molar-refractivity contribution in [3.8, 4) is 0 Å². The van der Waals surface area contributed by atoms with Crippen molar-refractivity contribution >= 4 is 0 Å². The van der Waals surface area contributed by atoms with E-state index in [1.54, 1.807) is 0 Å². The van der Waals surface area contributed by atoms with Crippen LogP contribution in [-0.2, 0) is 19.8 Å². The second-order valence-corrected chi connectivity index (χ2v) is 6.90. The summed E-state index contributed by atoms with van der Waals surface area (Å²) in [4.78, 5) is 0. The molecule has 1 N–H and O–H groups in total. The van der Waals surface area contributed by atoms with Crippen LogP contribution in [0.25, 0.3) is 0 Å². The lowest BCUT2D eigenvalue weighted by atomic mass is 9.97. The minimum atomic E-state index is -0.658. The molecule has 21 heavy (non-hydrogen) atoms. The maximum absolute atomic E-state index is 10.2. The highest BCUT2D eigenvalue weighted by molar-refractivity contribution is 5.21. The Kier molecular flexibility index (Phi) is 3.61. The highest BCUT2D eigenvalue weighted by Crippen LogP contribution is 2.42. The van der Waals surface area contributed by atoms with Gasteiger partial charge in [0.25, 0.3) is 0 Å². The van der Waals surface area contributed by atoms with Gasteiger partial charge in [-0.05, 0) is 33.3 Å². The van der Waals surface area contributed by atoms with Gasteiger partial charge in [0, 0.05) is 6.42 Å². The van der Waals surface area contributed by atoms with E-state index in [0.717, 1.165) is 5.56 Å². The van der Waals surface area contributed by atoms with Crippen molar-refractivity contribution < 1.29 is 19.3 Å². The molecule has 3 rings (SSSR count). The van der Waals surface area contributed by atoms with E-state index in [9.17, 15) is 5.11 Å². The minimum Gasteiger partial charge on any atom is -0.390 e. The summed E-state index contributed by atoms with van der Waals surface area (Å²) in [7, 11) is 0. The normalized spacial score (nSPS) is 34.9. The Bertz CT molecular complexity index is 497. The van der Waals surface area contributed by atoms with Crippen molar-refractivity contribution in [3.05, 3.63) is 35.9 Å². The van der Waals surface area contributed by atoms with Gasteiger partial charge in [0.2, 0.25) is 0 Å². The largest absolute Gasteiger partial charge is 0.390 e. The highest BCUT2D eigenvalue weighted by Gasteiger charge is 2.55. The predicted molar refractivity (Wildman–Crippen MR) is 78.8 cm³/mol. The van der Waals surface area contributed by atoms with Gasteiger partial charge in [-0.2, -0.15) is 0 Å². The monoisotopic (exact) mass is 292 g/mol. The Morgan fingerprint density at radius 3 is 2.43 bits per heavy atom. The zero-order chi connectivity index (χ0) is 15.3. The van der Waals surface area contributed by atoms with Crippen LogP contribution in [-0.4, -0.2) is 35.3 Å². The summed E-state index contributed by atoms with van der Waals surface area (Å²) in [5, 5.41) is 10.2. The Hall–Kier alpha value is -0.940. The maximum Gasteiger partial charge on any atom is 0.164 e. The predicted octanol–water partition coefficient (Wildman–Crippen LogP) is 2.59. The van der Waals surface area contributed by atoms with Crippen LogP contribution in [0, 0.1) is 0 Å². The van der Waals surface area contributed by atoms with Crippen LogP contribution >= 0.6 is 0 Å². The van der Waals surface area contributed by atoms with Crippen molar-refractivity contribution in [1.82, 2.24) is 0 Å². The first-order chi connectivity index (χ1) is 9.78. The first-order valence-electron chi connectivity index (χ1n) is 7.55. The molecule has 0 aromatic heterocycles. The quantitative estimate of drug-likeness (QED) is 0.930. The second kappa shape index (κ2) is 5.06. The van der Waals surface area contributed by atoms with Gasteiger partial charge in [-0.3, -0.25) is 0 Å². The van der Waals surface area contributed by atoms with Gasteiger partial charge in [-0.1, -0.05) is 30.3 Å². The van der Waals surface area contributed by atoms with Crippen LogP contribution in [0.5, 0.6) is 0 Å². The van der Waals surface area contributed by atoms with Gasteiger partial charge in [0.15, 0.2) is 5.79 Å². The van der Waals surface area contributed by atoms with Gasteiger partial charge in [-0.15, -0.1) is 0 Å². The first kappa shape index (κ1) is 15.0. The molecule has 0 unspecified atom stereocenters. The van der Waals surface area contributed by atoms with E-state index in [4.69, 9.17) is 14.2 Å². The third-order valence-corrected chi connectivity index (χ3v) is 4.30. The standard InChI is InChI=1S/C17H24O4/c1-16(2,11-8-6-5-7-9-11)19-13-10-12(18)14-15(13)21-17(3,4)20-14/h5-9,12-15,18H,10H2,1-4H3/t12-,13+,14+,15-/m0/s1. The van der Waals surface area contributed by atoms with Crippen molar-refractivity contribution in [2.24, 2.45) is 0 Å². The second-order valence-electron chi connectivity index (χ2n) is 6.90. The maximum atomic E-state index is 10.2. The van der Waals surface area contributed by atoms with Crippen LogP contribution in [0.15, 0.2) is 30.3 Å². The summed E-state index contributed by atoms with van der Waals surface area (Å²) < 4.78 is 18.0. The van der Waals surface area contributed by atoms with Crippen molar-refractivity contribution in [2.45, 2.75) is 69.9 Å². The van der Waals surface area contributed by atoms with Gasteiger partial charge >= 0.3 is 0 Å². The summed E-state index contributed by atoms with van der Waals surface area (Å²) in [6, 6.07) is 10.1. The lowest BCUT2D eigenvalue weighted by Crippen LogP contribution is -2.36. The third-order valence-electron chi connectivity index (χ3n) is 4.30. The number of hydrogen-bond donors (Lipinski definition) is 1. The van der Waals surface area contributed by atoms with E-state index in [0.29, 0.717) is 6.42 Å². The number of aliphatic hydroxyl groups excluding tert-OH is 1. The van der Waals surface area contributed by atoms with E-state index >= 15 is 0 Å². The average molecular weight is 292 g/mol. The lowest BCUT2D eigenvalue weighted by molar-refractivity contribution is -0.188. The molecular weight excluding hydrogens is 268 g/mol. The number of hydrogen-bond acceptors (Lipinski definition) is 4. The fourth-order valence-corrected chi connectivity index (χ4v) is 3.31. The van der Waals surface area contributed by atoms with Gasteiger partial charge < -0.3 is 19.3 Å². The summed E-state index contributed by atoms with van der Waals surface area (Å²) in [5.41, 5.74) is 0.678. The van der Waals surface area contributed by atoms with E-state index in [-0.39, 0.29) is 18.3 Å². The van der Waals surface area contributed by atoms with Gasteiger partial charge in [0.05, 0.1) is 17.8 Å². The third kappa shape index (κ3) is 2.86. The number of fused-ring (bicyclic) bond motifs is 1. The smallest absolute Gasteiger partial charge is 0.164 e. The van der Waals surface area contributed by atoms with Crippen molar-refractivity contribution in [2.75, 3.05) is 0 Å². The van der Waals surface area contributed by atoms with Crippen LogP contribution in [0.2, 0.25) is 0 Å². The molecule has 1 aromatic rings. The minimum absolute atomic E-state index is 0.165. The van der Waals surface area contributed by atoms with Crippen LogP contribution in [0.3, 0.4) is 0 Å². The number of rotatable bonds is 3. The Morgan fingerprint density at radius 1 is 1.14 bits per heavy atom. The number of ether oxygens (including phenoxy) is 3. The van der Waals surface area contributed by atoms with E-state index in [2.05, 4.69) is 12.1 Å². The zero-order valence-electron chi connectivity index (χ0n) is 13.1. The van der Waals surface area contributed by atoms with Crippen molar-refractivity contribution in [1.29, 1.82) is 0 Å². The molecule has 0 radical (unpaired) electrons. The van der Waals surface area contributed by atoms with Gasteiger partial charge in [-0.25, -0.2) is 0 Å². The highest BCUT2D eigenvalue weighted by atomic mass is 16.8. The number of benzene rings is 1. The first-order valence-corrected chi connectivity index (χ1v) is 7.55. The molecular formula is C17H24O4. The molecule has 1 heterocycles. The molecule has 0 bridgehead atoms. The fraction of sp³-hybridized carbons (Fsp3) is 0.647. The van der Waals surface area contributed by atoms with Crippen molar-refractivity contribution in [3.63, 3.8) is 0 Å². The summed E-state index contributed by atoms with van der Waals surface area (Å²) >= 11 is 0. The topological polar surface area (TPSA) is 47.9 Å². The molecule has 1 aromatic carbocycles. The lowest BCUT2D eigenvalue weighted by Gasteiger charge is -2.32. The van der Waals surface area contributed by atoms with Crippen LogP contribution < -0.4 is 0 Å². The summed E-state index contributed by atoms with van der Waals surface area (Å²) in [5.74, 6) is -0.658. The molecule has 4 nitrogen and oxygen atoms in total. The molecule has 1 saturated heterocycles. The molecule has 4 heteroatoms. The van der Waals surface area contributed by atoms with Crippen LogP contribution in [0.1, 0.15) is 39.7 Å². The average Bonchev–Trinajstić information content (AvgIpc) is 2.86. The molecule has 2 fully saturated rings. The molecule has 1 aliphatic carbocycles. The van der Waals surface area contributed by atoms with E-state index in [1.165, 1.54) is 0 Å². The zero-order valence-corrected chi connectivity index (χ0v) is 13.1. The summed E-state index contributed by atoms with van der Waals surface area (Å²) in [6.07, 6.45) is -0.660. The van der Waals surface area contributed by atoms with Gasteiger partial charge in [0.1, 0.15) is 12.2 Å². The Labute approximate surface area is 126 Å². The molecule has 4 atom stereocenters. The molecule has 116 valence electrons. The van der Waals surface area contributed by atoms with E-state index < -0.39 is 17.5 Å². The van der Waals surface area contributed by atoms with Crippen LogP contribution in [0.4, 0.5) is 0 Å². The molecule has 2 aliphatic rings. The van der Waals surface area contributed by atoms with E-state index in [1.807, 2.05) is 45.9 Å². The molecule has 1 aliphatic heterocycles. The Balaban J connectivity index is 1.76. The summed E-state index contributed by atoms with van der Waals surface area (Å²) in [6.45, 7) is 7.83.